The van der Waals surface area contributed by atoms with Crippen LogP contribution in [0.15, 0.2) is 60.0 Å². The molecule has 0 aliphatic rings. The van der Waals surface area contributed by atoms with Crippen molar-refractivity contribution < 1.29 is 0 Å². The molecule has 0 aliphatic carbocycles. The predicted octanol–water partition coefficient (Wildman–Crippen LogP) is 5.14. The number of hydrogen-bond acceptors (Lipinski definition) is 2. The molecular formula is C17H14ClNS. The summed E-state index contributed by atoms with van der Waals surface area (Å²) in [6.07, 6.45) is 0.872. The molecule has 0 aliphatic heterocycles. The topological polar surface area (TPSA) is 12.9 Å². The molecule has 0 saturated carbocycles. The number of nitrogens with zero attached hydrogens (tertiary/aromatic N) is 1. The van der Waals surface area contributed by atoms with Gasteiger partial charge in [-0.1, -0.05) is 54.6 Å². The second-order valence-corrected chi connectivity index (χ2v) is 5.82. The van der Waals surface area contributed by atoms with E-state index in [1.54, 1.807) is 11.3 Å². The largest absolute Gasteiger partial charge is 0.245 e. The fourth-order valence-corrected chi connectivity index (χ4v) is 3.17. The van der Waals surface area contributed by atoms with Gasteiger partial charge in [0.2, 0.25) is 0 Å². The van der Waals surface area contributed by atoms with Crippen molar-refractivity contribution in [2.24, 2.45) is 0 Å². The molecule has 0 bridgehead atoms. The van der Waals surface area contributed by atoms with Crippen LogP contribution in [0.5, 0.6) is 0 Å². The number of rotatable bonds is 4. The molecule has 100 valence electrons. The summed E-state index contributed by atoms with van der Waals surface area (Å²) in [6, 6.07) is 19.1. The van der Waals surface area contributed by atoms with Crippen molar-refractivity contribution in [3.8, 4) is 11.1 Å². The zero-order chi connectivity index (χ0) is 13.8. The van der Waals surface area contributed by atoms with Crippen molar-refractivity contribution in [2.45, 2.75) is 12.3 Å². The standard InChI is InChI=1S/C17H14ClNS/c18-11-16-12-20-17(19-16)10-13-6-8-15(9-7-13)14-4-2-1-3-5-14/h1-9,12H,10-11H2. The highest BCUT2D eigenvalue weighted by Gasteiger charge is 2.03. The SMILES string of the molecule is ClCc1csc(Cc2ccc(-c3ccccc3)cc2)n1. The molecule has 0 amide bonds. The zero-order valence-electron chi connectivity index (χ0n) is 10.9. The summed E-state index contributed by atoms with van der Waals surface area (Å²) in [6.45, 7) is 0. The predicted molar refractivity (Wildman–Crippen MR) is 86.4 cm³/mol. The third kappa shape index (κ3) is 3.09. The summed E-state index contributed by atoms with van der Waals surface area (Å²) in [4.78, 5) is 4.49. The normalized spacial score (nSPS) is 10.7. The summed E-state index contributed by atoms with van der Waals surface area (Å²) in [5.74, 6) is 0.490. The van der Waals surface area contributed by atoms with Crippen LogP contribution >= 0.6 is 22.9 Å². The van der Waals surface area contributed by atoms with Crippen LogP contribution in [0.1, 0.15) is 16.3 Å². The minimum Gasteiger partial charge on any atom is -0.245 e. The fraction of sp³-hybridized carbons (Fsp3) is 0.118. The minimum absolute atomic E-state index is 0.490. The Kier molecular flexibility index (Phi) is 4.14. The Hall–Kier alpha value is -1.64. The van der Waals surface area contributed by atoms with E-state index in [-0.39, 0.29) is 0 Å². The van der Waals surface area contributed by atoms with Crippen LogP contribution in [-0.4, -0.2) is 4.98 Å². The van der Waals surface area contributed by atoms with E-state index in [1.165, 1.54) is 16.7 Å². The van der Waals surface area contributed by atoms with Gasteiger partial charge in [0.1, 0.15) is 0 Å². The Labute approximate surface area is 127 Å². The molecule has 2 aromatic carbocycles. The van der Waals surface area contributed by atoms with Gasteiger partial charge in [-0.2, -0.15) is 0 Å². The Morgan fingerprint density at radius 3 is 2.25 bits per heavy atom. The highest BCUT2D eigenvalue weighted by molar-refractivity contribution is 7.09. The summed E-state index contributed by atoms with van der Waals surface area (Å²) in [7, 11) is 0. The van der Waals surface area contributed by atoms with Gasteiger partial charge in [-0.05, 0) is 16.7 Å². The number of hydrogen-bond donors (Lipinski definition) is 0. The second-order valence-electron chi connectivity index (χ2n) is 4.61. The van der Waals surface area contributed by atoms with Gasteiger partial charge in [0.05, 0.1) is 16.6 Å². The maximum Gasteiger partial charge on any atom is 0.0972 e. The summed E-state index contributed by atoms with van der Waals surface area (Å²) < 4.78 is 0. The van der Waals surface area contributed by atoms with Crippen LogP contribution in [-0.2, 0) is 12.3 Å². The average Bonchev–Trinajstić information content (AvgIpc) is 2.97. The maximum atomic E-state index is 5.78. The monoisotopic (exact) mass is 299 g/mol. The summed E-state index contributed by atoms with van der Waals surface area (Å²) in [5.41, 5.74) is 4.74. The molecule has 3 heteroatoms. The van der Waals surface area contributed by atoms with Crippen molar-refractivity contribution in [3.63, 3.8) is 0 Å². The average molecular weight is 300 g/mol. The first-order valence-corrected chi connectivity index (χ1v) is 7.90. The van der Waals surface area contributed by atoms with Gasteiger partial charge in [0, 0.05) is 11.8 Å². The van der Waals surface area contributed by atoms with Crippen LogP contribution in [0, 0.1) is 0 Å². The van der Waals surface area contributed by atoms with E-state index in [9.17, 15) is 0 Å². The molecule has 0 atom stereocenters. The highest BCUT2D eigenvalue weighted by Crippen LogP contribution is 2.21. The van der Waals surface area contributed by atoms with Gasteiger partial charge in [-0.25, -0.2) is 4.98 Å². The van der Waals surface area contributed by atoms with Gasteiger partial charge in [0.25, 0.3) is 0 Å². The number of alkyl halides is 1. The Morgan fingerprint density at radius 2 is 1.60 bits per heavy atom. The van der Waals surface area contributed by atoms with Gasteiger partial charge in [0.15, 0.2) is 0 Å². The van der Waals surface area contributed by atoms with Crippen molar-refractivity contribution in [3.05, 3.63) is 76.2 Å². The molecule has 1 nitrogen and oxygen atoms in total. The van der Waals surface area contributed by atoms with Crippen LogP contribution < -0.4 is 0 Å². The summed E-state index contributed by atoms with van der Waals surface area (Å²) in [5, 5.41) is 3.15. The first-order valence-electron chi connectivity index (χ1n) is 6.49. The van der Waals surface area contributed by atoms with Crippen LogP contribution in [0.3, 0.4) is 0 Å². The van der Waals surface area contributed by atoms with E-state index >= 15 is 0 Å². The van der Waals surface area contributed by atoms with E-state index in [0.717, 1.165) is 17.1 Å². The molecule has 0 saturated heterocycles. The number of aromatic nitrogens is 1. The van der Waals surface area contributed by atoms with Crippen LogP contribution in [0.2, 0.25) is 0 Å². The first kappa shape index (κ1) is 13.3. The Bertz CT molecular complexity index is 674. The molecular weight excluding hydrogens is 286 g/mol. The molecule has 0 fully saturated rings. The van der Waals surface area contributed by atoms with Crippen LogP contribution in [0.4, 0.5) is 0 Å². The molecule has 1 aromatic heterocycles. The highest BCUT2D eigenvalue weighted by atomic mass is 35.5. The third-order valence-electron chi connectivity index (χ3n) is 3.15. The lowest BCUT2D eigenvalue weighted by atomic mass is 10.0. The minimum atomic E-state index is 0.490. The van der Waals surface area contributed by atoms with Crippen molar-refractivity contribution >= 4 is 22.9 Å². The van der Waals surface area contributed by atoms with Gasteiger partial charge in [-0.3, -0.25) is 0 Å². The van der Waals surface area contributed by atoms with E-state index < -0.39 is 0 Å². The smallest absolute Gasteiger partial charge is 0.0972 e. The molecule has 0 N–H and O–H groups in total. The van der Waals surface area contributed by atoms with Gasteiger partial charge in [-0.15, -0.1) is 22.9 Å². The zero-order valence-corrected chi connectivity index (χ0v) is 12.5. The lowest BCUT2D eigenvalue weighted by molar-refractivity contribution is 1.09. The molecule has 3 aromatic rings. The lowest BCUT2D eigenvalue weighted by Gasteiger charge is -2.03. The van der Waals surface area contributed by atoms with Crippen molar-refractivity contribution in [1.82, 2.24) is 4.98 Å². The quantitative estimate of drug-likeness (QED) is 0.608. The van der Waals surface area contributed by atoms with E-state index in [2.05, 4.69) is 53.5 Å². The fourth-order valence-electron chi connectivity index (χ4n) is 2.11. The van der Waals surface area contributed by atoms with Gasteiger partial charge < -0.3 is 0 Å². The molecule has 3 rings (SSSR count). The lowest BCUT2D eigenvalue weighted by Crippen LogP contribution is -1.88. The van der Waals surface area contributed by atoms with Gasteiger partial charge >= 0.3 is 0 Å². The van der Waals surface area contributed by atoms with E-state index in [4.69, 9.17) is 11.6 Å². The third-order valence-corrected chi connectivity index (χ3v) is 4.32. The Morgan fingerprint density at radius 1 is 0.900 bits per heavy atom. The molecule has 1 heterocycles. The summed E-state index contributed by atoms with van der Waals surface area (Å²) >= 11 is 7.45. The number of halogens is 1. The molecule has 0 unspecified atom stereocenters. The molecule has 0 radical (unpaired) electrons. The molecule has 20 heavy (non-hydrogen) atoms. The Balaban J connectivity index is 1.76. The molecule has 0 spiro atoms. The maximum absolute atomic E-state index is 5.78. The number of benzene rings is 2. The van der Waals surface area contributed by atoms with Crippen molar-refractivity contribution in [2.75, 3.05) is 0 Å². The van der Waals surface area contributed by atoms with Crippen LogP contribution in [0.25, 0.3) is 11.1 Å². The second kappa shape index (κ2) is 6.21. The van der Waals surface area contributed by atoms with Crippen molar-refractivity contribution in [1.29, 1.82) is 0 Å². The first-order chi connectivity index (χ1) is 9.85. The van der Waals surface area contributed by atoms with E-state index in [0.29, 0.717) is 5.88 Å². The van der Waals surface area contributed by atoms with E-state index in [1.807, 2.05) is 11.4 Å². The number of thiazole rings is 1.